The first kappa shape index (κ1) is 14.2. The van der Waals surface area contributed by atoms with E-state index in [4.69, 9.17) is 4.74 Å². The molecular formula is C14H19N3O3. The third-order valence-electron chi connectivity index (χ3n) is 2.92. The Bertz CT molecular complexity index is 528. The van der Waals surface area contributed by atoms with Crippen molar-refractivity contribution in [2.75, 3.05) is 0 Å². The molecule has 6 heteroatoms. The fourth-order valence-corrected chi connectivity index (χ4v) is 2.07. The molecule has 0 bridgehead atoms. The molecule has 1 aliphatic heterocycles. The van der Waals surface area contributed by atoms with Crippen LogP contribution in [0.4, 0.5) is 4.79 Å². The van der Waals surface area contributed by atoms with Gasteiger partial charge in [-0.05, 0) is 26.8 Å². The van der Waals surface area contributed by atoms with Crippen molar-refractivity contribution in [3.8, 4) is 5.75 Å². The minimum Gasteiger partial charge on any atom is -0.508 e. The second kappa shape index (κ2) is 5.81. The largest absolute Gasteiger partial charge is 0.508 e. The normalized spacial score (nSPS) is 21.3. The van der Waals surface area contributed by atoms with Gasteiger partial charge in [0.05, 0.1) is 12.1 Å². The third-order valence-corrected chi connectivity index (χ3v) is 2.92. The lowest BCUT2D eigenvalue weighted by Crippen LogP contribution is -2.41. The zero-order valence-electron chi connectivity index (χ0n) is 11.8. The number of carbonyl (C=O) groups is 1. The topological polar surface area (TPSA) is 83.0 Å². The summed E-state index contributed by atoms with van der Waals surface area (Å²) in [6, 6.07) is 6.76. The number of aromatic hydroxyl groups is 1. The molecule has 6 nitrogen and oxygen atoms in total. The Hall–Kier alpha value is -2.24. The number of guanidine groups is 1. The van der Waals surface area contributed by atoms with Crippen molar-refractivity contribution in [2.45, 2.75) is 39.0 Å². The second-order valence-electron chi connectivity index (χ2n) is 4.99. The number of hydrogen-bond acceptors (Lipinski definition) is 5. The first-order valence-electron chi connectivity index (χ1n) is 6.57. The number of amides is 1. The highest BCUT2D eigenvalue weighted by atomic mass is 16.6. The summed E-state index contributed by atoms with van der Waals surface area (Å²) in [5, 5.41) is 15.5. The minimum absolute atomic E-state index is 0.0300. The second-order valence-corrected chi connectivity index (χ2v) is 4.99. The van der Waals surface area contributed by atoms with E-state index in [1.165, 1.54) is 0 Å². The number of nitrogens with zero attached hydrogens (tertiary/aromatic N) is 1. The van der Waals surface area contributed by atoms with E-state index in [1.807, 2.05) is 19.1 Å². The van der Waals surface area contributed by atoms with E-state index < -0.39 is 6.09 Å². The maximum atomic E-state index is 11.5. The van der Waals surface area contributed by atoms with Crippen LogP contribution in [0.3, 0.4) is 0 Å². The molecule has 0 saturated heterocycles. The molecular weight excluding hydrogens is 258 g/mol. The summed E-state index contributed by atoms with van der Waals surface area (Å²) in [6.07, 6.45) is -0.736. The van der Waals surface area contributed by atoms with Crippen LogP contribution in [0.2, 0.25) is 0 Å². The fourth-order valence-electron chi connectivity index (χ4n) is 2.07. The van der Waals surface area contributed by atoms with Crippen molar-refractivity contribution in [1.82, 2.24) is 10.6 Å². The van der Waals surface area contributed by atoms with Gasteiger partial charge in [0.2, 0.25) is 5.96 Å². The predicted octanol–water partition coefficient (Wildman–Crippen LogP) is 1.92. The van der Waals surface area contributed by atoms with Gasteiger partial charge in [0.15, 0.2) is 0 Å². The quantitative estimate of drug-likeness (QED) is 0.771. The number of aliphatic imine (C=N–C) groups is 1. The molecule has 1 aromatic rings. The Kier molecular flexibility index (Phi) is 4.12. The fraction of sp³-hybridized carbons (Fsp3) is 0.429. The van der Waals surface area contributed by atoms with Crippen molar-refractivity contribution in [3.63, 3.8) is 0 Å². The summed E-state index contributed by atoms with van der Waals surface area (Å²) in [7, 11) is 0. The maximum absolute atomic E-state index is 11.5. The highest BCUT2D eigenvalue weighted by molar-refractivity contribution is 5.95. The van der Waals surface area contributed by atoms with Crippen LogP contribution in [0.5, 0.6) is 5.75 Å². The average molecular weight is 277 g/mol. The number of alkyl carbamates (subject to hydrolysis) is 1. The van der Waals surface area contributed by atoms with Crippen LogP contribution in [0.15, 0.2) is 29.3 Å². The van der Waals surface area contributed by atoms with Crippen LogP contribution < -0.4 is 10.6 Å². The molecule has 2 rings (SSSR count). The third kappa shape index (κ3) is 3.20. The zero-order chi connectivity index (χ0) is 14.7. The molecule has 3 N–H and O–H groups in total. The Morgan fingerprint density at radius 3 is 2.80 bits per heavy atom. The number of phenols is 1. The Balaban J connectivity index is 2.09. The molecule has 1 heterocycles. The van der Waals surface area contributed by atoms with E-state index in [1.54, 1.807) is 26.0 Å². The number of phenolic OH excluding ortho intramolecular Hbond substituents is 1. The van der Waals surface area contributed by atoms with Gasteiger partial charge in [-0.25, -0.2) is 9.79 Å². The van der Waals surface area contributed by atoms with Gasteiger partial charge in [0.1, 0.15) is 11.8 Å². The van der Waals surface area contributed by atoms with E-state index >= 15 is 0 Å². The lowest BCUT2D eigenvalue weighted by atomic mass is 10.0. The molecule has 2 unspecified atom stereocenters. The van der Waals surface area contributed by atoms with Gasteiger partial charge in [0.25, 0.3) is 0 Å². The van der Waals surface area contributed by atoms with Crippen molar-refractivity contribution < 1.29 is 14.6 Å². The number of hydrogen-bond donors (Lipinski definition) is 3. The highest BCUT2D eigenvalue weighted by Crippen LogP contribution is 2.31. The van der Waals surface area contributed by atoms with Crippen molar-refractivity contribution in [1.29, 1.82) is 0 Å². The van der Waals surface area contributed by atoms with E-state index in [9.17, 15) is 9.90 Å². The number of rotatable bonds is 2. The first-order valence-corrected chi connectivity index (χ1v) is 6.57. The predicted molar refractivity (Wildman–Crippen MR) is 75.6 cm³/mol. The molecule has 1 aromatic carbocycles. The molecule has 0 radical (unpaired) electrons. The van der Waals surface area contributed by atoms with Crippen LogP contribution in [0.25, 0.3) is 0 Å². The van der Waals surface area contributed by atoms with Crippen molar-refractivity contribution in [3.05, 3.63) is 29.8 Å². The SMILES string of the molecule is CC(C)OC(=O)NC1=NC(c2ccccc2O)C(C)N1. The maximum Gasteiger partial charge on any atom is 0.414 e. The Labute approximate surface area is 117 Å². The average Bonchev–Trinajstić information content (AvgIpc) is 2.69. The molecule has 0 aliphatic carbocycles. The van der Waals surface area contributed by atoms with Gasteiger partial charge in [-0.2, -0.15) is 0 Å². The monoisotopic (exact) mass is 277 g/mol. The molecule has 0 spiro atoms. The Morgan fingerprint density at radius 1 is 1.45 bits per heavy atom. The lowest BCUT2D eigenvalue weighted by molar-refractivity contribution is 0.120. The summed E-state index contributed by atoms with van der Waals surface area (Å²) in [6.45, 7) is 5.48. The molecule has 20 heavy (non-hydrogen) atoms. The number of carbonyl (C=O) groups excluding carboxylic acids is 1. The molecule has 2 atom stereocenters. The summed E-state index contributed by atoms with van der Waals surface area (Å²) < 4.78 is 4.99. The van der Waals surface area contributed by atoms with Crippen LogP contribution in [0.1, 0.15) is 32.4 Å². The van der Waals surface area contributed by atoms with E-state index in [2.05, 4.69) is 15.6 Å². The van der Waals surface area contributed by atoms with Crippen LogP contribution in [-0.2, 0) is 4.74 Å². The molecule has 1 aliphatic rings. The van der Waals surface area contributed by atoms with Crippen molar-refractivity contribution in [2.24, 2.45) is 4.99 Å². The van der Waals surface area contributed by atoms with Gasteiger partial charge in [-0.1, -0.05) is 18.2 Å². The highest BCUT2D eigenvalue weighted by Gasteiger charge is 2.29. The Morgan fingerprint density at radius 2 is 2.15 bits per heavy atom. The minimum atomic E-state index is -0.545. The van der Waals surface area contributed by atoms with Crippen LogP contribution >= 0.6 is 0 Å². The van der Waals surface area contributed by atoms with Gasteiger partial charge in [0, 0.05) is 5.56 Å². The molecule has 0 aromatic heterocycles. The van der Waals surface area contributed by atoms with E-state index in [-0.39, 0.29) is 23.9 Å². The van der Waals surface area contributed by atoms with Crippen molar-refractivity contribution >= 4 is 12.1 Å². The summed E-state index contributed by atoms with van der Waals surface area (Å²) >= 11 is 0. The molecule has 0 saturated carbocycles. The van der Waals surface area contributed by atoms with E-state index in [0.717, 1.165) is 5.56 Å². The standard InChI is InChI=1S/C14H19N3O3/c1-8(2)20-14(19)17-13-15-9(3)12(16-13)10-6-4-5-7-11(10)18/h4-9,12,18H,1-3H3,(H2,15,16,17,19). The van der Waals surface area contributed by atoms with Crippen LogP contribution in [-0.4, -0.2) is 29.3 Å². The summed E-state index contributed by atoms with van der Waals surface area (Å²) in [5.41, 5.74) is 0.724. The number of para-hydroxylation sites is 1. The van der Waals surface area contributed by atoms with Crippen LogP contribution in [0, 0.1) is 0 Å². The molecule has 1 amide bonds. The zero-order valence-corrected chi connectivity index (χ0v) is 11.8. The number of ether oxygens (including phenoxy) is 1. The molecule has 108 valence electrons. The van der Waals surface area contributed by atoms with Gasteiger partial charge in [-0.15, -0.1) is 0 Å². The smallest absolute Gasteiger partial charge is 0.414 e. The number of benzene rings is 1. The van der Waals surface area contributed by atoms with Gasteiger partial charge < -0.3 is 15.2 Å². The van der Waals surface area contributed by atoms with E-state index in [0.29, 0.717) is 5.96 Å². The number of nitrogens with one attached hydrogen (secondary N) is 2. The first-order chi connectivity index (χ1) is 9.47. The summed E-state index contributed by atoms with van der Waals surface area (Å²) in [4.78, 5) is 15.9. The lowest BCUT2D eigenvalue weighted by Gasteiger charge is -2.14. The summed E-state index contributed by atoms with van der Waals surface area (Å²) in [5.74, 6) is 0.553. The van der Waals surface area contributed by atoms with Gasteiger partial charge in [-0.3, -0.25) is 5.32 Å². The van der Waals surface area contributed by atoms with Gasteiger partial charge >= 0.3 is 6.09 Å². The molecule has 0 fully saturated rings.